The smallest absolute Gasteiger partial charge is 0.337 e. The van der Waals surface area contributed by atoms with E-state index in [-0.39, 0.29) is 11.9 Å². The molecule has 0 aliphatic rings. The van der Waals surface area contributed by atoms with Crippen LogP contribution >= 0.6 is 34.4 Å². The van der Waals surface area contributed by atoms with E-state index in [1.54, 1.807) is 35.2 Å². The number of thiophene rings is 1. The van der Waals surface area contributed by atoms with Crippen LogP contribution in [0.3, 0.4) is 0 Å². The van der Waals surface area contributed by atoms with Crippen molar-refractivity contribution in [1.82, 2.24) is 4.57 Å². The first-order valence-electron chi connectivity index (χ1n) is 7.93. The molecule has 5 nitrogen and oxygen atoms in total. The molecule has 0 fully saturated rings. The summed E-state index contributed by atoms with van der Waals surface area (Å²) < 4.78 is 7.75. The molecule has 0 aliphatic heterocycles. The minimum absolute atomic E-state index is 0.162. The molecule has 0 saturated heterocycles. The average molecular weight is 407 g/mol. The maximum atomic E-state index is 12.4. The molecule has 1 amide bonds. The predicted molar refractivity (Wildman–Crippen MR) is 108 cm³/mol. The monoisotopic (exact) mass is 406 g/mol. The number of methoxy groups -OCH3 is 1. The number of rotatable bonds is 6. The summed E-state index contributed by atoms with van der Waals surface area (Å²) in [5, 5.41) is 1.95. The first kappa shape index (κ1) is 18.9. The summed E-state index contributed by atoms with van der Waals surface area (Å²) in [6.07, 6.45) is 2.35. The molecule has 2 heterocycles. The third-order valence-corrected chi connectivity index (χ3v) is 6.26. The highest BCUT2D eigenvalue weighted by molar-refractivity contribution is 7.98. The third-order valence-electron chi connectivity index (χ3n) is 3.75. The van der Waals surface area contributed by atoms with E-state index in [4.69, 9.17) is 4.74 Å². The number of benzene rings is 1. The van der Waals surface area contributed by atoms with Crippen molar-refractivity contribution >= 4 is 56.5 Å². The lowest BCUT2D eigenvalue weighted by atomic mass is 10.2. The first-order valence-corrected chi connectivity index (χ1v) is 11.0. The molecule has 3 aromatic rings. The fourth-order valence-electron chi connectivity index (χ4n) is 2.51. The average Bonchev–Trinajstić information content (AvgIpc) is 3.26. The van der Waals surface area contributed by atoms with Crippen molar-refractivity contribution in [3.63, 3.8) is 0 Å². The number of hydrogen-bond acceptors (Lipinski definition) is 6. The largest absolute Gasteiger partial charge is 0.465 e. The van der Waals surface area contributed by atoms with E-state index < -0.39 is 0 Å². The van der Waals surface area contributed by atoms with Crippen LogP contribution in [-0.4, -0.2) is 35.6 Å². The van der Waals surface area contributed by atoms with Crippen molar-refractivity contribution in [2.75, 3.05) is 19.1 Å². The van der Waals surface area contributed by atoms with Crippen LogP contribution in [0.2, 0.25) is 0 Å². The van der Waals surface area contributed by atoms with Gasteiger partial charge in [-0.25, -0.2) is 4.79 Å². The van der Waals surface area contributed by atoms with Crippen LogP contribution in [0.15, 0.2) is 40.7 Å². The Balaban J connectivity index is 2.02. The lowest BCUT2D eigenvalue weighted by molar-refractivity contribution is -0.117. The zero-order valence-electron chi connectivity index (χ0n) is 14.4. The molecule has 0 saturated carbocycles. The van der Waals surface area contributed by atoms with E-state index in [9.17, 15) is 9.59 Å². The minimum Gasteiger partial charge on any atom is -0.465 e. The topological polar surface area (TPSA) is 60.7 Å². The van der Waals surface area contributed by atoms with Gasteiger partial charge in [-0.2, -0.15) is 16.8 Å². The fourth-order valence-corrected chi connectivity index (χ4v) is 4.68. The summed E-state index contributed by atoms with van der Waals surface area (Å²) in [6, 6.07) is 9.30. The zero-order chi connectivity index (χ0) is 18.5. The lowest BCUT2D eigenvalue weighted by Crippen LogP contribution is -2.18. The molecule has 2 aromatic heterocycles. The normalized spacial score (nSPS) is 11.8. The molecule has 0 N–H and O–H groups in total. The molecule has 8 heteroatoms. The SMILES string of the molecule is COC(=O)c1ccc2c(c1)sc(=NC(=O)Cc1cccs1)n2CCSC. The van der Waals surface area contributed by atoms with Crippen molar-refractivity contribution in [1.29, 1.82) is 0 Å². The summed E-state index contributed by atoms with van der Waals surface area (Å²) in [7, 11) is 1.36. The van der Waals surface area contributed by atoms with Crippen molar-refractivity contribution in [3.8, 4) is 0 Å². The molecule has 0 bridgehead atoms. The number of carbonyl (C=O) groups excluding carboxylic acids is 2. The Hall–Kier alpha value is -1.90. The van der Waals surface area contributed by atoms with Gasteiger partial charge in [-0.05, 0) is 35.9 Å². The van der Waals surface area contributed by atoms with E-state index in [0.717, 1.165) is 27.4 Å². The van der Waals surface area contributed by atoms with Gasteiger partial charge in [0.15, 0.2) is 4.80 Å². The van der Waals surface area contributed by atoms with Crippen molar-refractivity contribution in [3.05, 3.63) is 51.0 Å². The van der Waals surface area contributed by atoms with Gasteiger partial charge in [0.05, 0.1) is 29.3 Å². The molecule has 3 rings (SSSR count). The summed E-state index contributed by atoms with van der Waals surface area (Å²) in [5.41, 5.74) is 1.47. The second-order valence-corrected chi connectivity index (χ2v) is 8.49. The minimum atomic E-state index is -0.372. The molecule has 0 aliphatic carbocycles. The predicted octanol–water partition coefficient (Wildman–Crippen LogP) is 3.58. The van der Waals surface area contributed by atoms with Gasteiger partial charge in [0.1, 0.15) is 0 Å². The van der Waals surface area contributed by atoms with E-state index in [2.05, 4.69) is 4.99 Å². The van der Waals surface area contributed by atoms with E-state index >= 15 is 0 Å². The van der Waals surface area contributed by atoms with Gasteiger partial charge < -0.3 is 9.30 Å². The van der Waals surface area contributed by atoms with Crippen LogP contribution in [0, 0.1) is 0 Å². The maximum Gasteiger partial charge on any atom is 0.337 e. The Morgan fingerprint density at radius 3 is 2.85 bits per heavy atom. The van der Waals surface area contributed by atoms with Crippen molar-refractivity contribution < 1.29 is 14.3 Å². The van der Waals surface area contributed by atoms with Gasteiger partial charge in [-0.3, -0.25) is 4.79 Å². The van der Waals surface area contributed by atoms with Crippen LogP contribution in [-0.2, 0) is 22.5 Å². The molecule has 136 valence electrons. The van der Waals surface area contributed by atoms with Crippen LogP contribution in [0.4, 0.5) is 0 Å². The molecule has 0 unspecified atom stereocenters. The number of thioether (sulfide) groups is 1. The highest BCUT2D eigenvalue weighted by atomic mass is 32.2. The number of hydrogen-bond donors (Lipinski definition) is 0. The van der Waals surface area contributed by atoms with Crippen LogP contribution in [0.1, 0.15) is 15.2 Å². The van der Waals surface area contributed by atoms with Gasteiger partial charge in [-0.1, -0.05) is 17.4 Å². The summed E-state index contributed by atoms with van der Waals surface area (Å²) in [5.74, 6) is 0.380. The van der Waals surface area contributed by atoms with E-state index in [1.165, 1.54) is 18.4 Å². The highest BCUT2D eigenvalue weighted by Gasteiger charge is 2.12. The number of aryl methyl sites for hydroxylation is 1. The quantitative estimate of drug-likeness (QED) is 0.587. The molecular weight excluding hydrogens is 388 g/mol. The number of fused-ring (bicyclic) bond motifs is 1. The Bertz CT molecular complexity index is 987. The van der Waals surface area contributed by atoms with Crippen molar-refractivity contribution in [2.24, 2.45) is 4.99 Å². The number of esters is 1. The Kier molecular flexibility index (Phi) is 6.29. The fraction of sp³-hybridized carbons (Fsp3) is 0.278. The molecule has 1 aromatic carbocycles. The van der Waals surface area contributed by atoms with Crippen LogP contribution in [0.5, 0.6) is 0 Å². The second-order valence-electron chi connectivity index (χ2n) is 5.46. The Morgan fingerprint density at radius 2 is 2.15 bits per heavy atom. The van der Waals surface area contributed by atoms with Gasteiger partial charge >= 0.3 is 5.97 Å². The molecule has 26 heavy (non-hydrogen) atoms. The number of aromatic nitrogens is 1. The standard InChI is InChI=1S/C18H18N2O3S3/c1-23-17(22)12-5-6-14-15(10-12)26-18(20(14)7-9-24-2)19-16(21)11-13-4-3-8-25-13/h3-6,8,10H,7,9,11H2,1-2H3. The number of nitrogens with zero attached hydrogens (tertiary/aromatic N) is 2. The number of ether oxygens (including phenoxy) is 1. The summed E-state index contributed by atoms with van der Waals surface area (Å²) >= 11 is 4.71. The Labute approximate surface area is 163 Å². The maximum absolute atomic E-state index is 12.4. The van der Waals surface area contributed by atoms with Crippen molar-refractivity contribution in [2.45, 2.75) is 13.0 Å². The van der Waals surface area contributed by atoms with E-state index in [1.807, 2.05) is 34.4 Å². The second kappa shape index (κ2) is 8.66. The van der Waals surface area contributed by atoms with Gasteiger partial charge in [0, 0.05) is 17.2 Å². The summed E-state index contributed by atoms with van der Waals surface area (Å²) in [4.78, 5) is 30.1. The van der Waals surface area contributed by atoms with Crippen LogP contribution in [0.25, 0.3) is 10.2 Å². The summed E-state index contributed by atoms with van der Waals surface area (Å²) in [6.45, 7) is 0.754. The van der Waals surface area contributed by atoms with Gasteiger partial charge in [-0.15, -0.1) is 11.3 Å². The Morgan fingerprint density at radius 1 is 1.31 bits per heavy atom. The third kappa shape index (κ3) is 4.25. The number of amides is 1. The lowest BCUT2D eigenvalue weighted by Gasteiger charge is -2.04. The highest BCUT2D eigenvalue weighted by Crippen LogP contribution is 2.20. The van der Waals surface area contributed by atoms with Gasteiger partial charge in [0.2, 0.25) is 0 Å². The molecular formula is C18H18N2O3S3. The number of carbonyl (C=O) groups is 2. The molecule has 0 spiro atoms. The molecule has 0 radical (unpaired) electrons. The van der Waals surface area contributed by atoms with Gasteiger partial charge in [0.25, 0.3) is 5.91 Å². The molecule has 0 atom stereocenters. The number of thiazole rings is 1. The zero-order valence-corrected chi connectivity index (χ0v) is 16.9. The van der Waals surface area contributed by atoms with Crippen LogP contribution < -0.4 is 4.80 Å². The first-order chi connectivity index (χ1) is 12.6. The van der Waals surface area contributed by atoms with E-state index in [0.29, 0.717) is 16.8 Å².